The first-order chi connectivity index (χ1) is 12.2. The lowest BCUT2D eigenvalue weighted by Gasteiger charge is -2.36. The normalized spacial score (nSPS) is 22.2. The van der Waals surface area contributed by atoms with Crippen molar-refractivity contribution < 1.29 is 9.53 Å². The third kappa shape index (κ3) is 2.94. The summed E-state index contributed by atoms with van der Waals surface area (Å²) in [5.41, 5.74) is 3.94. The molecule has 4 rings (SSSR count). The molecule has 132 valence electrons. The van der Waals surface area contributed by atoms with Crippen molar-refractivity contribution in [2.24, 2.45) is 0 Å². The Bertz CT molecular complexity index is 780. The first kappa shape index (κ1) is 16.2. The van der Waals surface area contributed by atoms with Crippen molar-refractivity contribution in [2.75, 3.05) is 13.7 Å². The van der Waals surface area contributed by atoms with Gasteiger partial charge in [0.25, 0.3) is 0 Å². The molecule has 0 saturated carbocycles. The molecule has 1 amide bonds. The van der Waals surface area contributed by atoms with Crippen molar-refractivity contribution >= 4 is 5.91 Å². The minimum absolute atomic E-state index is 0.162. The fourth-order valence-electron chi connectivity index (χ4n) is 4.48. The number of nitrogens with zero attached hydrogens (tertiary/aromatic N) is 2. The zero-order valence-electron chi connectivity index (χ0n) is 15.1. The third-order valence-corrected chi connectivity index (χ3v) is 5.87. The molecule has 2 heterocycles. The van der Waals surface area contributed by atoms with Crippen LogP contribution in [0.1, 0.15) is 55.0 Å². The molecule has 1 aliphatic carbocycles. The molecular weight excluding hydrogens is 312 g/mol. The van der Waals surface area contributed by atoms with Crippen LogP contribution in [-0.2, 0) is 17.8 Å². The molecule has 25 heavy (non-hydrogen) atoms. The van der Waals surface area contributed by atoms with Gasteiger partial charge in [-0.2, -0.15) is 0 Å². The van der Waals surface area contributed by atoms with Crippen LogP contribution in [-0.4, -0.2) is 29.0 Å². The van der Waals surface area contributed by atoms with E-state index in [4.69, 9.17) is 4.74 Å². The standard InChI is InChI=1S/C21H26N2O2/c1-15-20-7-4-10-22(20)11-12-23(15)21(24)14-17-6-3-5-16-13-18(25-2)8-9-19(16)17/h4,7-10,13,15,17H,3,5-6,11-12,14H2,1-2H3/t15-,17+/m1/s1. The molecule has 0 radical (unpaired) electrons. The van der Waals surface area contributed by atoms with E-state index in [1.165, 1.54) is 16.8 Å². The lowest BCUT2D eigenvalue weighted by atomic mass is 9.80. The number of rotatable bonds is 3. The summed E-state index contributed by atoms with van der Waals surface area (Å²) in [6.45, 7) is 3.85. The fraction of sp³-hybridized carbons (Fsp3) is 0.476. The molecule has 2 aliphatic rings. The highest BCUT2D eigenvalue weighted by molar-refractivity contribution is 5.78. The predicted molar refractivity (Wildman–Crippen MR) is 97.9 cm³/mol. The van der Waals surface area contributed by atoms with Gasteiger partial charge in [0.2, 0.25) is 5.91 Å². The van der Waals surface area contributed by atoms with E-state index in [0.717, 1.165) is 38.1 Å². The molecule has 4 nitrogen and oxygen atoms in total. The third-order valence-electron chi connectivity index (χ3n) is 5.87. The van der Waals surface area contributed by atoms with Crippen molar-refractivity contribution in [1.29, 1.82) is 0 Å². The molecule has 1 aromatic heterocycles. The maximum atomic E-state index is 13.0. The van der Waals surface area contributed by atoms with Crippen LogP contribution in [0.25, 0.3) is 0 Å². The highest BCUT2D eigenvalue weighted by Crippen LogP contribution is 2.37. The summed E-state index contributed by atoms with van der Waals surface area (Å²) in [6.07, 6.45) is 6.06. The summed E-state index contributed by atoms with van der Waals surface area (Å²) >= 11 is 0. The van der Waals surface area contributed by atoms with Crippen LogP contribution in [0.15, 0.2) is 36.5 Å². The van der Waals surface area contributed by atoms with Crippen LogP contribution >= 0.6 is 0 Å². The molecule has 0 saturated heterocycles. The van der Waals surface area contributed by atoms with Gasteiger partial charge < -0.3 is 14.2 Å². The number of carbonyl (C=O) groups excluding carboxylic acids is 1. The van der Waals surface area contributed by atoms with Crippen LogP contribution in [0.2, 0.25) is 0 Å². The van der Waals surface area contributed by atoms with Gasteiger partial charge in [-0.15, -0.1) is 0 Å². The minimum atomic E-state index is 0.162. The Morgan fingerprint density at radius 1 is 1.28 bits per heavy atom. The first-order valence-electron chi connectivity index (χ1n) is 9.28. The number of aryl methyl sites for hydroxylation is 1. The Morgan fingerprint density at radius 2 is 2.16 bits per heavy atom. The molecule has 1 aromatic carbocycles. The van der Waals surface area contributed by atoms with Crippen molar-refractivity contribution in [3.8, 4) is 5.75 Å². The molecule has 0 unspecified atom stereocenters. The Kier molecular flexibility index (Phi) is 4.28. The largest absolute Gasteiger partial charge is 0.497 e. The van der Waals surface area contributed by atoms with Crippen molar-refractivity contribution in [3.05, 3.63) is 53.3 Å². The maximum absolute atomic E-state index is 13.0. The number of methoxy groups -OCH3 is 1. The number of aromatic nitrogens is 1. The van der Waals surface area contributed by atoms with Crippen LogP contribution in [0, 0.1) is 0 Å². The lowest BCUT2D eigenvalue weighted by molar-refractivity contribution is -0.134. The van der Waals surface area contributed by atoms with Gasteiger partial charge in [0.15, 0.2) is 0 Å². The van der Waals surface area contributed by atoms with Gasteiger partial charge in [0.1, 0.15) is 5.75 Å². The predicted octanol–water partition coefficient (Wildman–Crippen LogP) is 3.91. The quantitative estimate of drug-likeness (QED) is 0.850. The van der Waals surface area contributed by atoms with E-state index in [1.807, 2.05) is 6.07 Å². The molecule has 2 aromatic rings. The van der Waals surface area contributed by atoms with Gasteiger partial charge in [-0.05, 0) is 67.5 Å². The lowest BCUT2D eigenvalue weighted by Crippen LogP contribution is -2.41. The summed E-state index contributed by atoms with van der Waals surface area (Å²) < 4.78 is 7.61. The van der Waals surface area contributed by atoms with E-state index in [9.17, 15) is 4.79 Å². The Morgan fingerprint density at radius 3 is 3.00 bits per heavy atom. The highest BCUT2D eigenvalue weighted by Gasteiger charge is 2.30. The van der Waals surface area contributed by atoms with Crippen LogP contribution in [0.3, 0.4) is 0 Å². The van der Waals surface area contributed by atoms with Gasteiger partial charge in [-0.3, -0.25) is 4.79 Å². The number of ether oxygens (including phenoxy) is 1. The van der Waals surface area contributed by atoms with Gasteiger partial charge >= 0.3 is 0 Å². The Hall–Kier alpha value is -2.23. The zero-order valence-corrected chi connectivity index (χ0v) is 15.1. The highest BCUT2D eigenvalue weighted by atomic mass is 16.5. The van der Waals surface area contributed by atoms with Gasteiger partial charge in [0.05, 0.1) is 13.2 Å². The summed E-state index contributed by atoms with van der Waals surface area (Å²) in [5, 5.41) is 0. The second-order valence-corrected chi connectivity index (χ2v) is 7.25. The van der Waals surface area contributed by atoms with Gasteiger partial charge in [-0.25, -0.2) is 0 Å². The van der Waals surface area contributed by atoms with E-state index in [1.54, 1.807) is 7.11 Å². The maximum Gasteiger partial charge on any atom is 0.223 e. The number of hydrogen-bond donors (Lipinski definition) is 0. The van der Waals surface area contributed by atoms with Gasteiger partial charge in [-0.1, -0.05) is 6.07 Å². The summed E-state index contributed by atoms with van der Waals surface area (Å²) in [7, 11) is 1.71. The topological polar surface area (TPSA) is 34.5 Å². The Labute approximate surface area is 149 Å². The molecular formula is C21H26N2O2. The smallest absolute Gasteiger partial charge is 0.223 e. The average molecular weight is 338 g/mol. The van der Waals surface area contributed by atoms with Crippen LogP contribution < -0.4 is 4.74 Å². The number of benzene rings is 1. The van der Waals surface area contributed by atoms with E-state index in [0.29, 0.717) is 12.3 Å². The SMILES string of the molecule is COc1ccc2c(c1)CCC[C@H]2CC(=O)N1CCn2cccc2[C@H]1C. The van der Waals surface area contributed by atoms with Crippen LogP contribution in [0.4, 0.5) is 0 Å². The monoisotopic (exact) mass is 338 g/mol. The number of carbonyl (C=O) groups is 1. The van der Waals surface area contributed by atoms with E-state index in [2.05, 4.69) is 46.9 Å². The molecule has 0 N–H and O–H groups in total. The molecule has 0 fully saturated rings. The van der Waals surface area contributed by atoms with E-state index < -0.39 is 0 Å². The zero-order chi connectivity index (χ0) is 17.4. The fourth-order valence-corrected chi connectivity index (χ4v) is 4.48. The first-order valence-corrected chi connectivity index (χ1v) is 9.28. The van der Waals surface area contributed by atoms with Crippen molar-refractivity contribution in [3.63, 3.8) is 0 Å². The molecule has 1 aliphatic heterocycles. The molecule has 0 spiro atoms. The molecule has 4 heteroatoms. The van der Waals surface area contributed by atoms with Crippen molar-refractivity contribution in [2.45, 2.75) is 51.1 Å². The second-order valence-electron chi connectivity index (χ2n) is 7.25. The summed E-state index contributed by atoms with van der Waals surface area (Å²) in [5.74, 6) is 1.54. The number of hydrogen-bond acceptors (Lipinski definition) is 2. The second kappa shape index (κ2) is 6.58. The summed E-state index contributed by atoms with van der Waals surface area (Å²) in [4.78, 5) is 15.1. The van der Waals surface area contributed by atoms with E-state index >= 15 is 0 Å². The molecule has 2 atom stereocenters. The summed E-state index contributed by atoms with van der Waals surface area (Å²) in [6, 6.07) is 10.7. The minimum Gasteiger partial charge on any atom is -0.497 e. The van der Waals surface area contributed by atoms with E-state index in [-0.39, 0.29) is 11.9 Å². The molecule has 0 bridgehead atoms. The Balaban J connectivity index is 1.51. The number of fused-ring (bicyclic) bond motifs is 2. The average Bonchev–Trinajstić information content (AvgIpc) is 3.11. The van der Waals surface area contributed by atoms with Crippen molar-refractivity contribution in [1.82, 2.24) is 9.47 Å². The number of amides is 1. The van der Waals surface area contributed by atoms with Crippen LogP contribution in [0.5, 0.6) is 5.75 Å². The van der Waals surface area contributed by atoms with Gasteiger partial charge in [0, 0.05) is 31.4 Å².